The van der Waals surface area contributed by atoms with Crippen LogP contribution in [0.2, 0.25) is 0 Å². The molecule has 0 spiro atoms. The molecule has 7 heteroatoms. The molecule has 0 radical (unpaired) electrons. The van der Waals surface area contributed by atoms with Crippen molar-refractivity contribution in [3.8, 4) is 0 Å². The van der Waals surface area contributed by atoms with Gasteiger partial charge < -0.3 is 15.7 Å². The normalized spacial score (nSPS) is 16.0. The van der Waals surface area contributed by atoms with Gasteiger partial charge in [-0.1, -0.05) is 0 Å². The van der Waals surface area contributed by atoms with E-state index in [1.54, 1.807) is 23.1 Å². The largest absolute Gasteiger partial charge is 0.481 e. The van der Waals surface area contributed by atoms with Crippen LogP contribution in [0, 0.1) is 0 Å². The molecule has 1 aliphatic rings. The second kappa shape index (κ2) is 6.91. The van der Waals surface area contributed by atoms with Crippen LogP contribution in [0.1, 0.15) is 16.8 Å². The smallest absolute Gasteiger partial charge is 0.304 e. The van der Waals surface area contributed by atoms with Crippen molar-refractivity contribution < 1.29 is 14.7 Å². The molecule has 114 valence electrons. The minimum Gasteiger partial charge on any atom is -0.481 e. The molecule has 1 aliphatic heterocycles. The van der Waals surface area contributed by atoms with Gasteiger partial charge in [-0.25, -0.2) is 0 Å². The fourth-order valence-corrected chi connectivity index (χ4v) is 2.65. The second-order valence-corrected chi connectivity index (χ2v) is 5.87. The highest BCUT2D eigenvalue weighted by Gasteiger charge is 2.22. The maximum Gasteiger partial charge on any atom is 0.304 e. The van der Waals surface area contributed by atoms with E-state index in [0.717, 1.165) is 0 Å². The Labute approximate surface area is 131 Å². The van der Waals surface area contributed by atoms with E-state index in [4.69, 9.17) is 10.8 Å². The van der Waals surface area contributed by atoms with E-state index in [9.17, 15) is 9.59 Å². The summed E-state index contributed by atoms with van der Waals surface area (Å²) in [5.41, 5.74) is 6.93. The van der Waals surface area contributed by atoms with Gasteiger partial charge in [0.15, 0.2) is 0 Å². The first-order chi connectivity index (χ1) is 9.97. The summed E-state index contributed by atoms with van der Waals surface area (Å²) in [7, 11) is 0. The first-order valence-corrected chi connectivity index (χ1v) is 7.55. The SMILES string of the molecule is Nc1ccc(C(=O)N2CCN(CCC(=O)O)CC2)cc1Br. The number of aliphatic carboxylic acids is 1. The van der Waals surface area contributed by atoms with Crippen molar-refractivity contribution in [1.82, 2.24) is 9.80 Å². The standard InChI is InChI=1S/C14H18BrN3O3/c15-11-9-10(1-2-12(11)16)14(21)18-7-5-17(6-8-18)4-3-13(19)20/h1-2,9H,3-8,16H2,(H,19,20). The maximum absolute atomic E-state index is 12.4. The van der Waals surface area contributed by atoms with E-state index in [1.807, 2.05) is 0 Å². The molecule has 0 bridgehead atoms. The summed E-state index contributed by atoms with van der Waals surface area (Å²) in [6.07, 6.45) is 0.138. The highest BCUT2D eigenvalue weighted by atomic mass is 79.9. The molecule has 21 heavy (non-hydrogen) atoms. The number of anilines is 1. The average Bonchev–Trinajstić information content (AvgIpc) is 2.48. The molecule has 0 saturated carbocycles. The highest BCUT2D eigenvalue weighted by molar-refractivity contribution is 9.10. The molecule has 2 rings (SSSR count). The van der Waals surface area contributed by atoms with Crippen LogP contribution in [0.15, 0.2) is 22.7 Å². The van der Waals surface area contributed by atoms with Crippen molar-refractivity contribution in [2.75, 3.05) is 38.5 Å². The molecule has 1 saturated heterocycles. The Morgan fingerprint density at radius 3 is 2.48 bits per heavy atom. The average molecular weight is 356 g/mol. The lowest BCUT2D eigenvalue weighted by Gasteiger charge is -2.34. The van der Waals surface area contributed by atoms with Crippen molar-refractivity contribution in [3.63, 3.8) is 0 Å². The number of carbonyl (C=O) groups excluding carboxylic acids is 1. The fourth-order valence-electron chi connectivity index (χ4n) is 2.27. The van der Waals surface area contributed by atoms with E-state index in [-0.39, 0.29) is 12.3 Å². The van der Waals surface area contributed by atoms with Crippen molar-refractivity contribution in [1.29, 1.82) is 0 Å². The minimum atomic E-state index is -0.791. The van der Waals surface area contributed by atoms with E-state index in [2.05, 4.69) is 20.8 Å². The summed E-state index contributed by atoms with van der Waals surface area (Å²) in [6, 6.07) is 5.16. The van der Waals surface area contributed by atoms with Gasteiger partial charge in [-0.2, -0.15) is 0 Å². The maximum atomic E-state index is 12.4. The van der Waals surface area contributed by atoms with Crippen LogP contribution in [0.25, 0.3) is 0 Å². The molecule has 6 nitrogen and oxygen atoms in total. The molecule has 1 fully saturated rings. The lowest BCUT2D eigenvalue weighted by molar-refractivity contribution is -0.137. The van der Waals surface area contributed by atoms with E-state index in [0.29, 0.717) is 48.4 Å². The van der Waals surface area contributed by atoms with Gasteiger partial charge in [0.25, 0.3) is 5.91 Å². The zero-order valence-electron chi connectivity index (χ0n) is 11.6. The number of hydrogen-bond acceptors (Lipinski definition) is 4. The predicted molar refractivity (Wildman–Crippen MR) is 83.2 cm³/mol. The number of rotatable bonds is 4. The second-order valence-electron chi connectivity index (χ2n) is 5.01. The first-order valence-electron chi connectivity index (χ1n) is 6.76. The molecular formula is C14H18BrN3O3. The van der Waals surface area contributed by atoms with Crippen LogP contribution in [0.5, 0.6) is 0 Å². The predicted octanol–water partition coefficient (Wildman–Crippen LogP) is 1.26. The molecule has 0 aliphatic carbocycles. The summed E-state index contributed by atoms with van der Waals surface area (Å²) in [5.74, 6) is -0.811. The molecule has 3 N–H and O–H groups in total. The van der Waals surface area contributed by atoms with Crippen LogP contribution >= 0.6 is 15.9 Å². The number of nitrogen functional groups attached to an aromatic ring is 1. The van der Waals surface area contributed by atoms with Gasteiger partial charge in [0, 0.05) is 48.4 Å². The summed E-state index contributed by atoms with van der Waals surface area (Å²) in [5, 5.41) is 8.68. The van der Waals surface area contributed by atoms with E-state index in [1.165, 1.54) is 0 Å². The monoisotopic (exact) mass is 355 g/mol. The van der Waals surface area contributed by atoms with Crippen LogP contribution in [0.4, 0.5) is 5.69 Å². The first kappa shape index (κ1) is 15.8. The van der Waals surface area contributed by atoms with Crippen molar-refractivity contribution in [2.24, 2.45) is 0 Å². The van der Waals surface area contributed by atoms with Crippen LogP contribution < -0.4 is 5.73 Å². The third kappa shape index (κ3) is 4.18. The quantitative estimate of drug-likeness (QED) is 0.794. The number of benzene rings is 1. The van der Waals surface area contributed by atoms with Gasteiger partial charge in [-0.3, -0.25) is 14.5 Å². The van der Waals surface area contributed by atoms with Gasteiger partial charge >= 0.3 is 5.97 Å². The summed E-state index contributed by atoms with van der Waals surface area (Å²) >= 11 is 3.32. The lowest BCUT2D eigenvalue weighted by Crippen LogP contribution is -2.49. The Balaban J connectivity index is 1.90. The number of carboxylic acid groups (broad SMARTS) is 1. The van der Waals surface area contributed by atoms with Crippen molar-refractivity contribution in [2.45, 2.75) is 6.42 Å². The van der Waals surface area contributed by atoms with Gasteiger partial charge in [0.2, 0.25) is 0 Å². The molecule has 1 aromatic carbocycles. The Hall–Kier alpha value is -1.60. The van der Waals surface area contributed by atoms with Crippen molar-refractivity contribution >= 4 is 33.5 Å². The van der Waals surface area contributed by atoms with Gasteiger partial charge in [-0.15, -0.1) is 0 Å². The number of hydrogen-bond donors (Lipinski definition) is 2. The van der Waals surface area contributed by atoms with Crippen LogP contribution in [-0.2, 0) is 4.79 Å². The van der Waals surface area contributed by atoms with Gasteiger partial charge in [-0.05, 0) is 34.1 Å². The Bertz CT molecular complexity index is 542. The molecular weight excluding hydrogens is 338 g/mol. The summed E-state index contributed by atoms with van der Waals surface area (Å²) < 4.78 is 0.716. The Morgan fingerprint density at radius 1 is 1.24 bits per heavy atom. The lowest BCUT2D eigenvalue weighted by atomic mass is 10.1. The molecule has 1 amide bonds. The van der Waals surface area contributed by atoms with E-state index < -0.39 is 5.97 Å². The summed E-state index contributed by atoms with van der Waals surface area (Å²) in [6.45, 7) is 3.16. The minimum absolute atomic E-state index is 0.0198. The number of carboxylic acids is 1. The summed E-state index contributed by atoms with van der Waals surface area (Å²) in [4.78, 5) is 26.8. The van der Waals surface area contributed by atoms with Gasteiger partial charge in [0.05, 0.1) is 6.42 Å². The van der Waals surface area contributed by atoms with Crippen LogP contribution in [-0.4, -0.2) is 59.5 Å². The van der Waals surface area contributed by atoms with Crippen molar-refractivity contribution in [3.05, 3.63) is 28.2 Å². The number of amides is 1. The number of nitrogens with two attached hydrogens (primary N) is 1. The Kier molecular flexibility index (Phi) is 5.19. The third-order valence-electron chi connectivity index (χ3n) is 3.55. The molecule has 0 unspecified atom stereocenters. The zero-order valence-corrected chi connectivity index (χ0v) is 13.2. The number of piperazine rings is 1. The zero-order chi connectivity index (χ0) is 15.4. The Morgan fingerprint density at radius 2 is 1.90 bits per heavy atom. The molecule has 0 atom stereocenters. The highest BCUT2D eigenvalue weighted by Crippen LogP contribution is 2.21. The third-order valence-corrected chi connectivity index (χ3v) is 4.24. The van der Waals surface area contributed by atoms with Crippen LogP contribution in [0.3, 0.4) is 0 Å². The number of carbonyl (C=O) groups is 2. The topological polar surface area (TPSA) is 86.9 Å². The number of nitrogens with zero attached hydrogens (tertiary/aromatic N) is 2. The molecule has 1 aromatic rings. The van der Waals surface area contributed by atoms with Gasteiger partial charge in [0.1, 0.15) is 0 Å². The fraction of sp³-hybridized carbons (Fsp3) is 0.429. The molecule has 0 aromatic heterocycles. The molecule has 1 heterocycles. The van der Waals surface area contributed by atoms with E-state index >= 15 is 0 Å². The number of halogens is 1.